The van der Waals surface area contributed by atoms with E-state index in [9.17, 15) is 5.11 Å². The van der Waals surface area contributed by atoms with Crippen molar-refractivity contribution < 1.29 is 5.11 Å². The molecule has 3 heteroatoms. The van der Waals surface area contributed by atoms with Crippen LogP contribution in [0.3, 0.4) is 0 Å². The second kappa shape index (κ2) is 4.84. The fourth-order valence-electron chi connectivity index (χ4n) is 2.98. The summed E-state index contributed by atoms with van der Waals surface area (Å²) >= 11 is 1.59. The molecule has 1 saturated carbocycles. The van der Waals surface area contributed by atoms with Crippen LogP contribution >= 0.6 is 11.3 Å². The van der Waals surface area contributed by atoms with Gasteiger partial charge in [0.15, 0.2) is 0 Å². The maximum Gasteiger partial charge on any atom is 0.122 e. The van der Waals surface area contributed by atoms with Gasteiger partial charge in [-0.3, -0.25) is 0 Å². The molecule has 0 bridgehead atoms. The van der Waals surface area contributed by atoms with Crippen LogP contribution in [0.2, 0.25) is 0 Å². The molecule has 1 N–H and O–H groups in total. The van der Waals surface area contributed by atoms with Crippen molar-refractivity contribution in [3.63, 3.8) is 0 Å². The molecular weight excluding hydrogens is 218 g/mol. The van der Waals surface area contributed by atoms with Crippen molar-refractivity contribution in [1.29, 1.82) is 0 Å². The molecule has 1 aliphatic rings. The number of aromatic nitrogens is 1. The lowest BCUT2D eigenvalue weighted by molar-refractivity contribution is 0.0549. The van der Waals surface area contributed by atoms with Crippen LogP contribution in [0, 0.1) is 24.7 Å². The van der Waals surface area contributed by atoms with Crippen molar-refractivity contribution in [2.75, 3.05) is 0 Å². The minimum Gasteiger partial charge on any atom is -0.386 e. The molecule has 0 radical (unpaired) electrons. The van der Waals surface area contributed by atoms with E-state index in [4.69, 9.17) is 0 Å². The maximum atomic E-state index is 10.3. The highest BCUT2D eigenvalue weighted by Gasteiger charge is 2.31. The zero-order valence-electron chi connectivity index (χ0n) is 10.3. The molecule has 2 nitrogen and oxygen atoms in total. The smallest absolute Gasteiger partial charge is 0.122 e. The summed E-state index contributed by atoms with van der Waals surface area (Å²) in [4.78, 5) is 4.40. The van der Waals surface area contributed by atoms with E-state index in [1.54, 1.807) is 11.3 Å². The first kappa shape index (κ1) is 12.1. The molecule has 0 amide bonds. The van der Waals surface area contributed by atoms with Gasteiger partial charge in [-0.2, -0.15) is 0 Å². The number of nitrogens with zero attached hydrogens (tertiary/aromatic N) is 1. The zero-order chi connectivity index (χ0) is 11.7. The lowest BCUT2D eigenvalue weighted by atomic mass is 9.74. The highest BCUT2D eigenvalue weighted by Crippen LogP contribution is 2.40. The van der Waals surface area contributed by atoms with Crippen molar-refractivity contribution in [2.24, 2.45) is 17.8 Å². The molecule has 1 aliphatic carbocycles. The van der Waals surface area contributed by atoms with E-state index < -0.39 is 0 Å². The van der Waals surface area contributed by atoms with Crippen LogP contribution in [0.5, 0.6) is 0 Å². The van der Waals surface area contributed by atoms with Gasteiger partial charge in [0.25, 0.3) is 0 Å². The Hall–Kier alpha value is -0.410. The number of thiazole rings is 1. The van der Waals surface area contributed by atoms with E-state index in [0.29, 0.717) is 5.92 Å². The molecule has 1 aromatic rings. The fourth-order valence-corrected chi connectivity index (χ4v) is 3.85. The largest absolute Gasteiger partial charge is 0.386 e. The topological polar surface area (TPSA) is 33.1 Å². The monoisotopic (exact) mass is 239 g/mol. The third-order valence-corrected chi connectivity index (χ3v) is 4.58. The van der Waals surface area contributed by atoms with Gasteiger partial charge in [-0.25, -0.2) is 4.98 Å². The van der Waals surface area contributed by atoms with E-state index in [-0.39, 0.29) is 6.10 Å². The number of hydrogen-bond donors (Lipinski definition) is 1. The lowest BCUT2D eigenvalue weighted by Crippen LogP contribution is -2.24. The molecule has 3 atom stereocenters. The third-order valence-electron chi connectivity index (χ3n) is 3.55. The van der Waals surface area contributed by atoms with Crippen molar-refractivity contribution in [2.45, 2.75) is 46.1 Å². The van der Waals surface area contributed by atoms with E-state index in [1.807, 2.05) is 12.3 Å². The van der Waals surface area contributed by atoms with Crippen molar-refractivity contribution in [3.8, 4) is 0 Å². The summed E-state index contributed by atoms with van der Waals surface area (Å²) < 4.78 is 0. The average molecular weight is 239 g/mol. The average Bonchev–Trinajstić information content (AvgIpc) is 2.62. The van der Waals surface area contributed by atoms with Crippen LogP contribution in [0.4, 0.5) is 0 Å². The molecule has 1 heterocycles. The Bertz CT molecular complexity index is 339. The molecule has 1 fully saturated rings. The van der Waals surface area contributed by atoms with Gasteiger partial charge in [-0.15, -0.1) is 11.3 Å². The molecule has 0 aliphatic heterocycles. The Labute approximate surface area is 102 Å². The molecule has 90 valence electrons. The van der Waals surface area contributed by atoms with Crippen molar-refractivity contribution in [1.82, 2.24) is 4.98 Å². The molecule has 0 aromatic carbocycles. The van der Waals surface area contributed by atoms with Crippen LogP contribution in [0.25, 0.3) is 0 Å². The highest BCUT2D eigenvalue weighted by molar-refractivity contribution is 7.09. The number of hydrogen-bond acceptors (Lipinski definition) is 3. The van der Waals surface area contributed by atoms with Gasteiger partial charge < -0.3 is 5.11 Å². The van der Waals surface area contributed by atoms with Crippen LogP contribution in [0.1, 0.15) is 49.9 Å². The second-order valence-electron chi connectivity index (χ2n) is 5.45. The highest BCUT2D eigenvalue weighted by atomic mass is 32.1. The van der Waals surface area contributed by atoms with E-state index in [0.717, 1.165) is 35.4 Å². The first-order valence-electron chi connectivity index (χ1n) is 6.16. The van der Waals surface area contributed by atoms with E-state index in [1.165, 1.54) is 6.42 Å². The normalized spacial score (nSPS) is 32.6. The summed E-state index contributed by atoms with van der Waals surface area (Å²) in [7, 11) is 0. The van der Waals surface area contributed by atoms with Crippen molar-refractivity contribution >= 4 is 11.3 Å². The Balaban J connectivity index is 2.06. The summed E-state index contributed by atoms with van der Waals surface area (Å²) in [6.07, 6.45) is 3.25. The number of aliphatic hydroxyl groups is 1. The Morgan fingerprint density at radius 3 is 2.44 bits per heavy atom. The van der Waals surface area contributed by atoms with Gasteiger partial charge in [0, 0.05) is 11.1 Å². The predicted octanol–water partition coefficient (Wildman–Crippen LogP) is 3.56. The van der Waals surface area contributed by atoms with Gasteiger partial charge in [0.1, 0.15) is 11.1 Å². The predicted molar refractivity (Wildman–Crippen MR) is 67.5 cm³/mol. The van der Waals surface area contributed by atoms with Crippen molar-refractivity contribution in [3.05, 3.63) is 16.1 Å². The Kier molecular flexibility index (Phi) is 3.65. The number of aryl methyl sites for hydroxylation is 1. The fraction of sp³-hybridized carbons (Fsp3) is 0.769. The summed E-state index contributed by atoms with van der Waals surface area (Å²) in [6.45, 7) is 6.57. The molecule has 3 unspecified atom stereocenters. The third kappa shape index (κ3) is 2.64. The quantitative estimate of drug-likeness (QED) is 0.856. The minimum atomic E-state index is -0.344. The van der Waals surface area contributed by atoms with Crippen LogP contribution in [-0.4, -0.2) is 10.1 Å². The summed E-state index contributed by atoms with van der Waals surface area (Å²) in [5, 5.41) is 13.3. The molecule has 0 spiro atoms. The van der Waals surface area contributed by atoms with E-state index >= 15 is 0 Å². The van der Waals surface area contributed by atoms with Crippen LogP contribution < -0.4 is 0 Å². The zero-order valence-corrected chi connectivity index (χ0v) is 11.1. The summed E-state index contributed by atoms with van der Waals surface area (Å²) in [6, 6.07) is 0. The molecule has 2 rings (SSSR count). The van der Waals surface area contributed by atoms with Gasteiger partial charge >= 0.3 is 0 Å². The lowest BCUT2D eigenvalue weighted by Gasteiger charge is -2.33. The second-order valence-corrected chi connectivity index (χ2v) is 6.34. The number of rotatable bonds is 2. The first-order valence-corrected chi connectivity index (χ1v) is 7.04. The molecule has 0 saturated heterocycles. The van der Waals surface area contributed by atoms with Gasteiger partial charge in [-0.05, 0) is 43.9 Å². The Morgan fingerprint density at radius 1 is 1.31 bits per heavy atom. The van der Waals surface area contributed by atoms with Gasteiger partial charge in [-0.1, -0.05) is 13.8 Å². The maximum absolute atomic E-state index is 10.3. The van der Waals surface area contributed by atoms with Crippen LogP contribution in [-0.2, 0) is 0 Å². The number of aliphatic hydroxyl groups excluding tert-OH is 1. The van der Waals surface area contributed by atoms with Gasteiger partial charge in [0.2, 0.25) is 0 Å². The van der Waals surface area contributed by atoms with Crippen LogP contribution in [0.15, 0.2) is 5.38 Å². The first-order chi connectivity index (χ1) is 7.56. The summed E-state index contributed by atoms with van der Waals surface area (Å²) in [5.74, 6) is 1.89. The van der Waals surface area contributed by atoms with E-state index in [2.05, 4.69) is 18.8 Å². The summed E-state index contributed by atoms with van der Waals surface area (Å²) in [5.41, 5.74) is 1.02. The standard InChI is InChI=1S/C13H21NOS/c1-8-4-9(2)6-11(5-8)12(15)13-14-10(3)7-16-13/h7-9,11-12,15H,4-6H2,1-3H3. The Morgan fingerprint density at radius 2 is 1.94 bits per heavy atom. The SMILES string of the molecule is Cc1csc(C(O)C2CC(C)CC(C)C2)n1. The minimum absolute atomic E-state index is 0.344. The molecular formula is C13H21NOS. The molecule has 1 aromatic heterocycles. The van der Waals surface area contributed by atoms with Gasteiger partial charge in [0.05, 0.1) is 0 Å². The molecule has 16 heavy (non-hydrogen) atoms.